The van der Waals surface area contributed by atoms with Crippen LogP contribution in [-0.2, 0) is 6.54 Å². The van der Waals surface area contributed by atoms with E-state index in [-0.39, 0.29) is 12.2 Å². The second-order valence-corrected chi connectivity index (χ2v) is 4.66. The molecule has 0 saturated heterocycles. The van der Waals surface area contributed by atoms with Crippen LogP contribution in [0.5, 0.6) is 0 Å². The lowest BCUT2D eigenvalue weighted by molar-refractivity contribution is 0.0699. The highest BCUT2D eigenvalue weighted by molar-refractivity contribution is 6.45. The van der Waals surface area contributed by atoms with Crippen molar-refractivity contribution >= 4 is 40.1 Å². The van der Waals surface area contributed by atoms with E-state index in [1.54, 1.807) is 16.7 Å². The summed E-state index contributed by atoms with van der Waals surface area (Å²) in [6.07, 6.45) is 2.04. The first-order valence-corrected chi connectivity index (χ1v) is 6.13. The summed E-state index contributed by atoms with van der Waals surface area (Å²) in [4.78, 5) is 11.2. The third-order valence-corrected chi connectivity index (χ3v) is 3.51. The lowest BCUT2D eigenvalue weighted by Gasteiger charge is -2.06. The minimum Gasteiger partial charge on any atom is -0.478 e. The summed E-state index contributed by atoms with van der Waals surface area (Å²) >= 11 is 12.1. The van der Waals surface area contributed by atoms with E-state index in [4.69, 9.17) is 33.4 Å². The maximum atomic E-state index is 11.2. The van der Waals surface area contributed by atoms with Gasteiger partial charge in [0, 0.05) is 24.7 Å². The summed E-state index contributed by atoms with van der Waals surface area (Å²) in [7, 11) is 0. The van der Waals surface area contributed by atoms with Crippen LogP contribution in [0.2, 0.25) is 10.0 Å². The van der Waals surface area contributed by atoms with Crippen molar-refractivity contribution in [2.75, 3.05) is 6.61 Å². The number of nitrogens with zero attached hydrogens (tertiary/aromatic N) is 1. The van der Waals surface area contributed by atoms with E-state index in [1.807, 2.05) is 0 Å². The maximum absolute atomic E-state index is 11.2. The van der Waals surface area contributed by atoms with Gasteiger partial charge in [0.1, 0.15) is 0 Å². The van der Waals surface area contributed by atoms with Crippen molar-refractivity contribution in [2.45, 2.75) is 13.0 Å². The number of fused-ring (bicyclic) bond motifs is 1. The molecule has 1 aromatic heterocycles. The fourth-order valence-electron chi connectivity index (χ4n) is 1.92. The summed E-state index contributed by atoms with van der Waals surface area (Å²) in [6.45, 7) is 0.514. The van der Waals surface area contributed by atoms with Crippen LogP contribution < -0.4 is 0 Å². The fraction of sp³-hybridized carbons (Fsp3) is 0.250. The van der Waals surface area contributed by atoms with Gasteiger partial charge in [0.25, 0.3) is 0 Å². The van der Waals surface area contributed by atoms with Crippen LogP contribution in [0.15, 0.2) is 18.3 Å². The van der Waals surface area contributed by atoms with Crippen LogP contribution in [0.4, 0.5) is 0 Å². The molecule has 2 rings (SSSR count). The number of carbonyl (C=O) groups is 1. The molecule has 0 saturated carbocycles. The summed E-state index contributed by atoms with van der Waals surface area (Å²) in [5.41, 5.74) is 0.775. The fourth-order valence-corrected chi connectivity index (χ4v) is 2.34. The van der Waals surface area contributed by atoms with Crippen molar-refractivity contribution in [3.05, 3.63) is 33.9 Å². The van der Waals surface area contributed by atoms with Gasteiger partial charge in [-0.05, 0) is 12.5 Å². The Kier molecular flexibility index (Phi) is 3.80. The van der Waals surface area contributed by atoms with Gasteiger partial charge in [-0.1, -0.05) is 29.3 Å². The number of aliphatic hydroxyl groups is 1. The van der Waals surface area contributed by atoms with Gasteiger partial charge >= 0.3 is 5.97 Å². The number of hydrogen-bond donors (Lipinski definition) is 2. The minimum atomic E-state index is -1.01. The number of hydrogen-bond acceptors (Lipinski definition) is 2. The van der Waals surface area contributed by atoms with E-state index >= 15 is 0 Å². The molecule has 0 spiro atoms. The summed E-state index contributed by atoms with van der Waals surface area (Å²) in [5.74, 6) is -1.01. The molecule has 2 aromatic rings. The Bertz CT molecular complexity index is 607. The lowest BCUT2D eigenvalue weighted by Crippen LogP contribution is -1.99. The Labute approximate surface area is 113 Å². The number of aromatic nitrogens is 1. The highest BCUT2D eigenvalue weighted by atomic mass is 35.5. The third-order valence-electron chi connectivity index (χ3n) is 2.72. The molecule has 0 radical (unpaired) electrons. The average molecular weight is 288 g/mol. The molecule has 0 fully saturated rings. The normalized spacial score (nSPS) is 11.1. The van der Waals surface area contributed by atoms with Crippen LogP contribution in [0.25, 0.3) is 10.9 Å². The van der Waals surface area contributed by atoms with Crippen LogP contribution in [0.3, 0.4) is 0 Å². The molecule has 0 amide bonds. The van der Waals surface area contributed by atoms with Gasteiger partial charge in [0.15, 0.2) is 0 Å². The molecule has 18 heavy (non-hydrogen) atoms. The van der Waals surface area contributed by atoms with Crippen LogP contribution >= 0.6 is 23.2 Å². The second kappa shape index (κ2) is 5.18. The van der Waals surface area contributed by atoms with Crippen molar-refractivity contribution in [2.24, 2.45) is 0 Å². The number of carboxylic acids is 1. The maximum Gasteiger partial charge on any atom is 0.337 e. The zero-order valence-corrected chi connectivity index (χ0v) is 10.9. The molecule has 1 aromatic carbocycles. The molecule has 0 aliphatic carbocycles. The predicted octanol–water partition coefficient (Wildman–Crippen LogP) is 3.03. The molecular formula is C12H11Cl2NO3. The molecule has 2 N–H and O–H groups in total. The topological polar surface area (TPSA) is 62.5 Å². The number of carboxylic acid groups (broad SMARTS) is 1. The van der Waals surface area contributed by atoms with Gasteiger partial charge in [-0.3, -0.25) is 0 Å². The lowest BCUT2D eigenvalue weighted by atomic mass is 10.2. The van der Waals surface area contributed by atoms with Crippen molar-refractivity contribution in [1.29, 1.82) is 0 Å². The van der Waals surface area contributed by atoms with Crippen LogP contribution in [-0.4, -0.2) is 27.4 Å². The van der Waals surface area contributed by atoms with Gasteiger partial charge in [-0.15, -0.1) is 0 Å². The Morgan fingerprint density at radius 1 is 1.33 bits per heavy atom. The monoisotopic (exact) mass is 287 g/mol. The number of rotatable bonds is 4. The van der Waals surface area contributed by atoms with Crippen molar-refractivity contribution in [3.8, 4) is 0 Å². The molecule has 0 bridgehead atoms. The predicted molar refractivity (Wildman–Crippen MR) is 70.6 cm³/mol. The van der Waals surface area contributed by atoms with E-state index in [1.165, 1.54) is 6.20 Å². The van der Waals surface area contributed by atoms with Gasteiger partial charge in [-0.25, -0.2) is 4.79 Å². The van der Waals surface area contributed by atoms with Crippen LogP contribution in [0.1, 0.15) is 16.8 Å². The van der Waals surface area contributed by atoms with Crippen molar-refractivity contribution < 1.29 is 15.0 Å². The minimum absolute atomic E-state index is 0.0280. The molecule has 0 aliphatic heterocycles. The highest BCUT2D eigenvalue weighted by Crippen LogP contribution is 2.33. The number of aromatic carboxylic acids is 1. The number of aryl methyl sites for hydroxylation is 1. The van der Waals surface area contributed by atoms with Crippen LogP contribution in [0, 0.1) is 0 Å². The largest absolute Gasteiger partial charge is 0.478 e. The standard InChI is InChI=1S/C12H11Cl2NO3/c13-9-3-2-7-8(12(17)18)6-15(4-1-5-16)11(7)10(9)14/h2-3,6,16H,1,4-5H2,(H,17,18). The Balaban J connectivity index is 2.69. The first kappa shape index (κ1) is 13.2. The highest BCUT2D eigenvalue weighted by Gasteiger charge is 2.17. The zero-order chi connectivity index (χ0) is 13.3. The summed E-state index contributed by atoms with van der Waals surface area (Å²) < 4.78 is 1.71. The number of halogens is 2. The van der Waals surface area contributed by atoms with E-state index in [0.717, 1.165) is 0 Å². The first-order chi connectivity index (χ1) is 8.56. The molecular weight excluding hydrogens is 277 g/mol. The van der Waals surface area contributed by atoms with E-state index in [2.05, 4.69) is 0 Å². The number of benzene rings is 1. The molecule has 4 nitrogen and oxygen atoms in total. The molecule has 0 unspecified atom stereocenters. The molecule has 0 atom stereocenters. The van der Waals surface area contributed by atoms with E-state index in [9.17, 15) is 4.79 Å². The van der Waals surface area contributed by atoms with Crippen molar-refractivity contribution in [3.63, 3.8) is 0 Å². The SMILES string of the molecule is O=C(O)c1cn(CCCO)c2c(Cl)c(Cl)ccc12. The van der Waals surface area contributed by atoms with Gasteiger partial charge in [0.2, 0.25) is 0 Å². The quantitative estimate of drug-likeness (QED) is 0.909. The number of aliphatic hydroxyl groups excluding tert-OH is 1. The smallest absolute Gasteiger partial charge is 0.337 e. The Morgan fingerprint density at radius 2 is 2.06 bits per heavy atom. The van der Waals surface area contributed by atoms with Gasteiger partial charge in [-0.2, -0.15) is 0 Å². The molecule has 96 valence electrons. The Morgan fingerprint density at radius 3 is 2.67 bits per heavy atom. The van der Waals surface area contributed by atoms with Gasteiger partial charge < -0.3 is 14.8 Å². The average Bonchev–Trinajstić information content (AvgIpc) is 2.71. The second-order valence-electron chi connectivity index (χ2n) is 3.88. The first-order valence-electron chi connectivity index (χ1n) is 5.37. The van der Waals surface area contributed by atoms with E-state index < -0.39 is 5.97 Å². The molecule has 6 heteroatoms. The summed E-state index contributed by atoms with van der Waals surface area (Å²) in [5, 5.41) is 19.3. The zero-order valence-electron chi connectivity index (χ0n) is 9.36. The van der Waals surface area contributed by atoms with Crippen molar-refractivity contribution in [1.82, 2.24) is 4.57 Å². The van der Waals surface area contributed by atoms with Gasteiger partial charge in [0.05, 0.1) is 21.1 Å². The molecule has 0 aliphatic rings. The third kappa shape index (κ3) is 2.19. The van der Waals surface area contributed by atoms with E-state index in [0.29, 0.717) is 33.9 Å². The molecule has 1 heterocycles. The summed E-state index contributed by atoms with van der Waals surface area (Å²) in [6, 6.07) is 3.22. The Hall–Kier alpha value is -1.23.